The molecule has 3 nitrogen and oxygen atoms in total. The van der Waals surface area contributed by atoms with Crippen molar-refractivity contribution in [3.05, 3.63) is 46.0 Å². The molecule has 2 unspecified atom stereocenters. The normalized spacial score (nSPS) is 19.3. The Morgan fingerprint density at radius 3 is 2.80 bits per heavy atom. The van der Waals surface area contributed by atoms with Crippen LogP contribution in [-0.4, -0.2) is 9.59 Å². The lowest BCUT2D eigenvalue weighted by Crippen LogP contribution is -2.24. The number of hydrogen-bond donors (Lipinski definition) is 1. The lowest BCUT2D eigenvalue weighted by atomic mass is 9.74. The summed E-state index contributed by atoms with van der Waals surface area (Å²) in [5.41, 5.74) is 10.4. The average Bonchev–Trinajstić information content (AvgIpc) is 2.85. The second-order valence-corrected chi connectivity index (χ2v) is 7.46. The Balaban J connectivity index is 1.76. The van der Waals surface area contributed by atoms with E-state index < -0.39 is 0 Å². The Morgan fingerprint density at radius 1 is 1.35 bits per heavy atom. The summed E-state index contributed by atoms with van der Waals surface area (Å²) >= 11 is 1.46. The third-order valence-corrected chi connectivity index (χ3v) is 4.92. The molecule has 0 radical (unpaired) electrons. The summed E-state index contributed by atoms with van der Waals surface area (Å²) in [4.78, 5) is 1.15. The van der Waals surface area contributed by atoms with Gasteiger partial charge < -0.3 is 5.73 Å². The molecule has 0 fully saturated rings. The third kappa shape index (κ3) is 2.38. The van der Waals surface area contributed by atoms with Crippen molar-refractivity contribution in [3.63, 3.8) is 0 Å². The van der Waals surface area contributed by atoms with Crippen molar-refractivity contribution in [2.24, 2.45) is 5.73 Å². The molecular formula is C16H21N3S. The predicted molar refractivity (Wildman–Crippen MR) is 83.0 cm³/mol. The number of nitrogens with zero attached hydrogens (tertiary/aromatic N) is 2. The Morgan fingerprint density at radius 2 is 2.10 bits per heavy atom. The smallest absolute Gasteiger partial charge is 0.0856 e. The minimum atomic E-state index is 0.0114. The molecule has 0 bridgehead atoms. The molecule has 1 aliphatic rings. The lowest BCUT2D eigenvalue weighted by Gasteiger charge is -2.32. The van der Waals surface area contributed by atoms with Crippen molar-refractivity contribution in [2.75, 3.05) is 0 Å². The van der Waals surface area contributed by atoms with E-state index in [0.29, 0.717) is 5.92 Å². The number of fused-ring (bicyclic) bond motifs is 1. The van der Waals surface area contributed by atoms with Gasteiger partial charge in [0.15, 0.2) is 0 Å². The van der Waals surface area contributed by atoms with Crippen LogP contribution in [0.25, 0.3) is 0 Å². The maximum Gasteiger partial charge on any atom is 0.0856 e. The lowest BCUT2D eigenvalue weighted by molar-refractivity contribution is 0.488. The number of benzene rings is 1. The Kier molecular flexibility index (Phi) is 3.38. The van der Waals surface area contributed by atoms with Crippen molar-refractivity contribution in [2.45, 2.75) is 51.0 Å². The number of nitrogens with two attached hydrogens (primary N) is 1. The topological polar surface area (TPSA) is 51.8 Å². The summed E-state index contributed by atoms with van der Waals surface area (Å²) in [6.07, 6.45) is 2.14. The van der Waals surface area contributed by atoms with Crippen LogP contribution in [0, 0.1) is 0 Å². The van der Waals surface area contributed by atoms with Crippen LogP contribution in [0.5, 0.6) is 0 Å². The van der Waals surface area contributed by atoms with Crippen LogP contribution < -0.4 is 5.73 Å². The fraction of sp³-hybridized carbons (Fsp3) is 0.500. The van der Waals surface area contributed by atoms with Crippen LogP contribution >= 0.6 is 11.5 Å². The van der Waals surface area contributed by atoms with Crippen LogP contribution in [-0.2, 0) is 11.8 Å². The van der Waals surface area contributed by atoms with E-state index in [1.54, 1.807) is 0 Å². The fourth-order valence-corrected chi connectivity index (χ4v) is 3.82. The molecule has 2 N–H and O–H groups in total. The number of rotatable bonds is 3. The van der Waals surface area contributed by atoms with Crippen LogP contribution in [0.4, 0.5) is 0 Å². The molecule has 1 aliphatic carbocycles. The molecule has 106 valence electrons. The largest absolute Gasteiger partial charge is 0.323 e. The van der Waals surface area contributed by atoms with E-state index in [2.05, 4.69) is 54.6 Å². The number of aromatic nitrogens is 2. The first-order chi connectivity index (χ1) is 9.47. The summed E-state index contributed by atoms with van der Waals surface area (Å²) < 4.78 is 4.12. The molecule has 1 heterocycles. The Labute approximate surface area is 124 Å². The Bertz CT molecular complexity index is 612. The molecule has 1 aromatic carbocycles. The summed E-state index contributed by atoms with van der Waals surface area (Å²) in [5.74, 6) is 0.594. The van der Waals surface area contributed by atoms with E-state index >= 15 is 0 Å². The molecule has 0 saturated carbocycles. The van der Waals surface area contributed by atoms with Gasteiger partial charge in [-0.05, 0) is 41.4 Å². The van der Waals surface area contributed by atoms with Crippen molar-refractivity contribution >= 4 is 11.5 Å². The third-order valence-electron chi connectivity index (χ3n) is 4.06. The first-order valence-corrected chi connectivity index (χ1v) is 7.90. The van der Waals surface area contributed by atoms with E-state index in [0.717, 1.165) is 23.4 Å². The second-order valence-electron chi connectivity index (χ2n) is 6.68. The van der Waals surface area contributed by atoms with Gasteiger partial charge >= 0.3 is 0 Å². The molecular weight excluding hydrogens is 266 g/mol. The SMILES string of the molecule is CC(C)(C)c1nnsc1C(N)CC1Cc2ccccc21. The maximum absolute atomic E-state index is 6.43. The van der Waals surface area contributed by atoms with Crippen LogP contribution in [0.1, 0.15) is 60.8 Å². The summed E-state index contributed by atoms with van der Waals surface area (Å²) in [6, 6.07) is 8.71. The molecule has 0 spiro atoms. The van der Waals surface area contributed by atoms with Gasteiger partial charge in [0, 0.05) is 11.5 Å². The van der Waals surface area contributed by atoms with Gasteiger partial charge in [-0.25, -0.2) is 0 Å². The zero-order chi connectivity index (χ0) is 14.3. The molecule has 2 atom stereocenters. The van der Waals surface area contributed by atoms with Crippen molar-refractivity contribution in [1.82, 2.24) is 9.59 Å². The van der Waals surface area contributed by atoms with Gasteiger partial charge in [-0.3, -0.25) is 0 Å². The molecule has 20 heavy (non-hydrogen) atoms. The van der Waals surface area contributed by atoms with Crippen molar-refractivity contribution in [1.29, 1.82) is 0 Å². The van der Waals surface area contributed by atoms with Crippen LogP contribution in [0.15, 0.2) is 24.3 Å². The highest BCUT2D eigenvalue weighted by molar-refractivity contribution is 7.05. The van der Waals surface area contributed by atoms with E-state index in [4.69, 9.17) is 5.73 Å². The molecule has 2 aromatic rings. The van der Waals surface area contributed by atoms with E-state index in [-0.39, 0.29) is 11.5 Å². The molecule has 1 aromatic heterocycles. The second kappa shape index (κ2) is 4.93. The van der Waals surface area contributed by atoms with Gasteiger partial charge in [0.25, 0.3) is 0 Å². The molecule has 3 rings (SSSR count). The van der Waals surface area contributed by atoms with E-state index in [1.807, 2.05) is 0 Å². The van der Waals surface area contributed by atoms with Gasteiger partial charge in [-0.1, -0.05) is 49.5 Å². The Hall–Kier alpha value is -1.26. The summed E-state index contributed by atoms with van der Waals surface area (Å²) in [5, 5.41) is 4.29. The highest BCUT2D eigenvalue weighted by atomic mass is 32.1. The van der Waals surface area contributed by atoms with Crippen molar-refractivity contribution in [3.8, 4) is 0 Å². The number of hydrogen-bond acceptors (Lipinski definition) is 4. The van der Waals surface area contributed by atoms with E-state index in [1.165, 1.54) is 22.7 Å². The minimum absolute atomic E-state index is 0.0114. The quantitative estimate of drug-likeness (QED) is 0.939. The first-order valence-electron chi connectivity index (χ1n) is 7.13. The average molecular weight is 287 g/mol. The summed E-state index contributed by atoms with van der Waals surface area (Å²) in [6.45, 7) is 6.50. The van der Waals surface area contributed by atoms with Crippen molar-refractivity contribution < 1.29 is 0 Å². The van der Waals surface area contributed by atoms with Gasteiger partial charge in [0.2, 0.25) is 0 Å². The molecule has 0 saturated heterocycles. The van der Waals surface area contributed by atoms with Crippen LogP contribution in [0.3, 0.4) is 0 Å². The van der Waals surface area contributed by atoms with Gasteiger partial charge in [-0.15, -0.1) is 5.10 Å². The van der Waals surface area contributed by atoms with Gasteiger partial charge in [0.1, 0.15) is 0 Å². The molecule has 0 aliphatic heterocycles. The molecule has 4 heteroatoms. The fourth-order valence-electron chi connectivity index (χ4n) is 2.95. The molecule has 0 amide bonds. The minimum Gasteiger partial charge on any atom is -0.323 e. The van der Waals surface area contributed by atoms with Crippen LogP contribution in [0.2, 0.25) is 0 Å². The zero-order valence-electron chi connectivity index (χ0n) is 12.3. The predicted octanol–water partition coefficient (Wildman–Crippen LogP) is 3.57. The highest BCUT2D eigenvalue weighted by Gasteiger charge is 2.31. The highest BCUT2D eigenvalue weighted by Crippen LogP contribution is 2.41. The van der Waals surface area contributed by atoms with Gasteiger partial charge in [0.05, 0.1) is 10.6 Å². The summed E-state index contributed by atoms with van der Waals surface area (Å²) in [7, 11) is 0. The zero-order valence-corrected chi connectivity index (χ0v) is 13.1. The maximum atomic E-state index is 6.43. The first kappa shape index (κ1) is 13.7. The standard InChI is InChI=1S/C16H21N3S/c1-16(2,3)15-14(20-19-18-15)13(17)9-11-8-10-6-4-5-7-12(10)11/h4-7,11,13H,8-9,17H2,1-3H3. The monoisotopic (exact) mass is 287 g/mol. The van der Waals surface area contributed by atoms with E-state index in [9.17, 15) is 0 Å². The van der Waals surface area contributed by atoms with Gasteiger partial charge in [-0.2, -0.15) is 0 Å².